The van der Waals surface area contributed by atoms with Gasteiger partial charge in [-0.15, -0.1) is 0 Å². The van der Waals surface area contributed by atoms with Gasteiger partial charge in [0, 0.05) is 40.9 Å². The minimum Gasteiger partial charge on any atom is -0.456 e. The molecule has 40 heavy (non-hydrogen) atoms. The molecule has 1 saturated carbocycles. The van der Waals surface area contributed by atoms with Crippen LogP contribution in [0.3, 0.4) is 0 Å². The van der Waals surface area contributed by atoms with Crippen molar-refractivity contribution in [3.8, 4) is 22.5 Å². The maximum absolute atomic E-state index is 6.69. The quantitative estimate of drug-likeness (QED) is 0.233. The minimum absolute atomic E-state index is 0.176. The number of furan rings is 1. The van der Waals surface area contributed by atoms with Gasteiger partial charge in [-0.25, -0.2) is 0 Å². The van der Waals surface area contributed by atoms with Crippen molar-refractivity contribution < 1.29 is 9.15 Å². The van der Waals surface area contributed by atoms with Crippen LogP contribution in [-0.2, 0) is 16.6 Å². The Kier molecular flexibility index (Phi) is 4.82. The summed E-state index contributed by atoms with van der Waals surface area (Å²) in [6, 6.07) is 18.8. The second-order valence-corrected chi connectivity index (χ2v) is 13.7. The maximum atomic E-state index is 6.69. The molecule has 0 spiro atoms. The molecular formula is C38H38O2. The van der Waals surface area contributed by atoms with Crippen molar-refractivity contribution in [3.63, 3.8) is 0 Å². The number of benzene rings is 4. The van der Waals surface area contributed by atoms with Gasteiger partial charge in [0.15, 0.2) is 0 Å². The van der Waals surface area contributed by atoms with Crippen LogP contribution in [0.4, 0.5) is 0 Å². The summed E-state index contributed by atoms with van der Waals surface area (Å²) in [5.74, 6) is 2.50. The molecule has 2 nitrogen and oxygen atoms in total. The van der Waals surface area contributed by atoms with E-state index in [2.05, 4.69) is 97.0 Å². The molecule has 3 unspecified atom stereocenters. The highest BCUT2D eigenvalue weighted by Gasteiger charge is 2.58. The van der Waals surface area contributed by atoms with Gasteiger partial charge in [-0.05, 0) is 101 Å². The summed E-state index contributed by atoms with van der Waals surface area (Å²) in [6.45, 7) is 16.2. The Labute approximate surface area is 237 Å². The first-order valence-corrected chi connectivity index (χ1v) is 14.9. The van der Waals surface area contributed by atoms with Crippen molar-refractivity contribution in [1.82, 2.24) is 0 Å². The van der Waals surface area contributed by atoms with Crippen molar-refractivity contribution in [3.05, 3.63) is 93.0 Å². The highest BCUT2D eigenvalue weighted by Crippen LogP contribution is 2.68. The molecule has 2 heteroatoms. The molecule has 3 atom stereocenters. The van der Waals surface area contributed by atoms with E-state index in [4.69, 9.17) is 9.15 Å². The molecule has 5 aromatic rings. The number of aryl methyl sites for hydroxylation is 3. The third-order valence-electron chi connectivity index (χ3n) is 10.1. The lowest BCUT2D eigenvalue weighted by molar-refractivity contribution is 0.174. The van der Waals surface area contributed by atoms with Gasteiger partial charge in [0.05, 0.1) is 6.10 Å². The first kappa shape index (κ1) is 24.4. The summed E-state index contributed by atoms with van der Waals surface area (Å²) in [6.07, 6.45) is 1.31. The van der Waals surface area contributed by atoms with Gasteiger partial charge in [-0.2, -0.15) is 0 Å². The summed E-state index contributed by atoms with van der Waals surface area (Å²) in [4.78, 5) is 0. The topological polar surface area (TPSA) is 22.4 Å². The number of ether oxygens (including phenoxy) is 1. The molecule has 0 radical (unpaired) electrons. The maximum Gasteiger partial charge on any atom is 0.139 e. The van der Waals surface area contributed by atoms with E-state index in [0.29, 0.717) is 17.8 Å². The molecule has 0 saturated heterocycles. The molecule has 1 aromatic heterocycles. The van der Waals surface area contributed by atoms with Crippen LogP contribution < -0.4 is 0 Å². The summed E-state index contributed by atoms with van der Waals surface area (Å²) in [7, 11) is 1.89. The first-order chi connectivity index (χ1) is 19.1. The van der Waals surface area contributed by atoms with E-state index < -0.39 is 0 Å². The zero-order valence-electron chi connectivity index (χ0n) is 25.0. The second-order valence-electron chi connectivity index (χ2n) is 13.7. The molecule has 1 heterocycles. The Morgan fingerprint density at radius 1 is 0.850 bits per heavy atom. The molecule has 4 aromatic carbocycles. The lowest BCUT2D eigenvalue weighted by atomic mass is 9.72. The van der Waals surface area contributed by atoms with Crippen molar-refractivity contribution in [2.24, 2.45) is 5.92 Å². The molecule has 1 fully saturated rings. The highest BCUT2D eigenvalue weighted by atomic mass is 16.5. The van der Waals surface area contributed by atoms with Crippen LogP contribution in [0.2, 0.25) is 0 Å². The predicted octanol–water partition coefficient (Wildman–Crippen LogP) is 9.89. The Morgan fingerprint density at radius 3 is 2.38 bits per heavy atom. The standard InChI is InChI=1S/C38H38O2/c1-18(2)13-22-9-12-28-25(17-22)35-36(40-28)24-11-10-23-31(34(24)38(35,6)7)27-16-21(5)29-20(4)14-19(3)15-26(29)30(27)33-32(23)37(33)39-8/h9-12,14-18,32-33,37H,13H2,1-8H3. The van der Waals surface area contributed by atoms with E-state index in [1.807, 2.05) is 7.11 Å². The van der Waals surface area contributed by atoms with E-state index >= 15 is 0 Å². The number of rotatable bonds is 3. The van der Waals surface area contributed by atoms with E-state index in [-0.39, 0.29) is 11.5 Å². The fraction of sp³-hybridized carbons (Fsp3) is 0.368. The van der Waals surface area contributed by atoms with Crippen molar-refractivity contribution in [1.29, 1.82) is 0 Å². The van der Waals surface area contributed by atoms with E-state index in [0.717, 1.165) is 17.8 Å². The zero-order valence-corrected chi connectivity index (χ0v) is 25.0. The van der Waals surface area contributed by atoms with Gasteiger partial charge in [-0.3, -0.25) is 0 Å². The van der Waals surface area contributed by atoms with Gasteiger partial charge in [0.25, 0.3) is 0 Å². The fourth-order valence-electron chi connectivity index (χ4n) is 8.77. The molecule has 0 aliphatic heterocycles. The first-order valence-electron chi connectivity index (χ1n) is 14.9. The number of hydrogen-bond donors (Lipinski definition) is 0. The van der Waals surface area contributed by atoms with E-state index in [1.165, 1.54) is 77.4 Å². The van der Waals surface area contributed by atoms with Crippen molar-refractivity contribution >= 4 is 21.7 Å². The second kappa shape index (κ2) is 7.89. The van der Waals surface area contributed by atoms with Crippen LogP contribution in [-0.4, -0.2) is 13.2 Å². The van der Waals surface area contributed by atoms with Gasteiger partial charge in [0.1, 0.15) is 11.3 Å². The Bertz CT molecular complexity index is 1910. The Morgan fingerprint density at radius 2 is 1.62 bits per heavy atom. The van der Waals surface area contributed by atoms with Gasteiger partial charge < -0.3 is 9.15 Å². The summed E-state index contributed by atoms with van der Waals surface area (Å²) < 4.78 is 12.9. The lowest BCUT2D eigenvalue weighted by Gasteiger charge is -2.30. The normalized spacial score (nSPS) is 21.4. The summed E-state index contributed by atoms with van der Waals surface area (Å²) >= 11 is 0. The van der Waals surface area contributed by atoms with Crippen molar-refractivity contribution in [2.45, 2.75) is 78.2 Å². The lowest BCUT2D eigenvalue weighted by Crippen LogP contribution is -2.18. The average Bonchev–Trinajstić information content (AvgIpc) is 3.41. The molecule has 3 aliphatic rings. The molecule has 202 valence electrons. The third kappa shape index (κ3) is 2.98. The zero-order chi connectivity index (χ0) is 27.8. The highest BCUT2D eigenvalue weighted by molar-refractivity contribution is 6.03. The number of fused-ring (bicyclic) bond motifs is 14. The SMILES string of the molecule is COC1C2c3ccc4c(c3-c3cc(C)c5c(C)cc(C)cc5c3C12)C(C)(C)c1c-4oc2ccc(CC(C)C)cc12. The van der Waals surface area contributed by atoms with Crippen LogP contribution in [0, 0.1) is 26.7 Å². The minimum atomic E-state index is -0.176. The van der Waals surface area contributed by atoms with Gasteiger partial charge in [-0.1, -0.05) is 69.7 Å². The fourth-order valence-corrected chi connectivity index (χ4v) is 8.77. The van der Waals surface area contributed by atoms with Crippen molar-refractivity contribution in [2.75, 3.05) is 7.11 Å². The number of hydrogen-bond acceptors (Lipinski definition) is 2. The van der Waals surface area contributed by atoms with Crippen LogP contribution in [0.5, 0.6) is 0 Å². The van der Waals surface area contributed by atoms with Gasteiger partial charge >= 0.3 is 0 Å². The molecule has 0 N–H and O–H groups in total. The third-order valence-corrected chi connectivity index (χ3v) is 10.1. The Balaban J connectivity index is 1.44. The molecule has 0 bridgehead atoms. The largest absolute Gasteiger partial charge is 0.456 e. The monoisotopic (exact) mass is 526 g/mol. The summed E-state index contributed by atoms with van der Waals surface area (Å²) in [5, 5.41) is 4.11. The van der Waals surface area contributed by atoms with Crippen LogP contribution in [0.25, 0.3) is 44.2 Å². The molecular weight excluding hydrogens is 488 g/mol. The molecule has 8 rings (SSSR count). The average molecular weight is 527 g/mol. The van der Waals surface area contributed by atoms with Crippen LogP contribution >= 0.6 is 0 Å². The van der Waals surface area contributed by atoms with E-state index in [9.17, 15) is 0 Å². The summed E-state index contributed by atoms with van der Waals surface area (Å²) in [5.41, 5.74) is 16.1. The predicted molar refractivity (Wildman–Crippen MR) is 166 cm³/mol. The molecule has 0 amide bonds. The van der Waals surface area contributed by atoms with Crippen LogP contribution in [0.15, 0.2) is 52.9 Å². The van der Waals surface area contributed by atoms with E-state index in [1.54, 1.807) is 0 Å². The Hall–Kier alpha value is -3.36. The smallest absolute Gasteiger partial charge is 0.139 e. The number of methoxy groups -OCH3 is 1. The van der Waals surface area contributed by atoms with Gasteiger partial charge in [0.2, 0.25) is 0 Å². The molecule has 3 aliphatic carbocycles. The van der Waals surface area contributed by atoms with Crippen LogP contribution in [0.1, 0.15) is 84.0 Å².